The minimum atomic E-state index is -3.24. The minimum absolute atomic E-state index is 0.0430. The van der Waals surface area contributed by atoms with Crippen LogP contribution in [-0.2, 0) is 14.6 Å². The van der Waals surface area contributed by atoms with Gasteiger partial charge in [-0.2, -0.15) is 10.2 Å². The lowest BCUT2D eigenvalue weighted by molar-refractivity contribution is -0.117. The van der Waals surface area contributed by atoms with Crippen molar-refractivity contribution in [1.29, 1.82) is 5.26 Å². The van der Waals surface area contributed by atoms with E-state index in [9.17, 15) is 23.3 Å². The minimum Gasteiger partial charge on any atom is -0.437 e. The van der Waals surface area contributed by atoms with Gasteiger partial charge in [-0.1, -0.05) is 29.3 Å². The number of pyridine rings is 1. The van der Waals surface area contributed by atoms with E-state index in [1.807, 2.05) is 0 Å². The highest BCUT2D eigenvalue weighted by Crippen LogP contribution is 2.32. The number of nitrogens with zero attached hydrogens (tertiary/aromatic N) is 3. The lowest BCUT2D eigenvalue weighted by atomic mass is 10.1. The molecule has 1 fully saturated rings. The number of aromatic nitrogens is 2. The highest BCUT2D eigenvalue weighted by atomic mass is 35.5. The van der Waals surface area contributed by atoms with Crippen LogP contribution in [-0.4, -0.2) is 41.3 Å². The maximum atomic E-state index is 13.4. The van der Waals surface area contributed by atoms with E-state index in [2.05, 4.69) is 10.3 Å². The van der Waals surface area contributed by atoms with Gasteiger partial charge < -0.3 is 10.1 Å². The molecule has 0 unspecified atom stereocenters. The first-order chi connectivity index (χ1) is 16.6. The topological polar surface area (TPSA) is 131 Å². The second-order valence-electron chi connectivity index (χ2n) is 7.94. The van der Waals surface area contributed by atoms with Gasteiger partial charge in [0.25, 0.3) is 11.5 Å². The Hall–Kier alpha value is -3.39. The molecule has 1 aliphatic rings. The molecule has 35 heavy (non-hydrogen) atoms. The summed E-state index contributed by atoms with van der Waals surface area (Å²) in [4.78, 5) is 30.5. The van der Waals surface area contributed by atoms with Crippen LogP contribution in [0.15, 0.2) is 46.9 Å². The van der Waals surface area contributed by atoms with Crippen molar-refractivity contribution < 1.29 is 17.9 Å². The molecular formula is C23H18Cl2N4O5S. The summed E-state index contributed by atoms with van der Waals surface area (Å²) in [6.07, 6.45) is 2.82. The molecule has 3 heterocycles. The Morgan fingerprint density at radius 3 is 2.77 bits per heavy atom. The summed E-state index contributed by atoms with van der Waals surface area (Å²) in [5, 5.41) is 12.7. The number of ether oxygens (including phenoxy) is 1. The van der Waals surface area contributed by atoms with E-state index in [0.717, 1.165) is 6.08 Å². The average Bonchev–Trinajstić information content (AvgIpc) is 3.14. The zero-order valence-electron chi connectivity index (χ0n) is 18.3. The molecule has 4 rings (SSSR count). The molecule has 0 spiro atoms. The maximum absolute atomic E-state index is 13.4. The van der Waals surface area contributed by atoms with Gasteiger partial charge in [0.1, 0.15) is 28.6 Å². The molecule has 0 saturated carbocycles. The van der Waals surface area contributed by atoms with Crippen LogP contribution in [0.25, 0.3) is 11.7 Å². The van der Waals surface area contributed by atoms with Crippen LogP contribution >= 0.6 is 23.2 Å². The number of benzene rings is 1. The Morgan fingerprint density at radius 2 is 2.11 bits per heavy atom. The van der Waals surface area contributed by atoms with Crippen LogP contribution in [0.2, 0.25) is 10.0 Å². The van der Waals surface area contributed by atoms with Crippen molar-refractivity contribution in [2.75, 3.05) is 11.5 Å². The molecule has 0 bridgehead atoms. The van der Waals surface area contributed by atoms with Crippen molar-refractivity contribution >= 4 is 50.7 Å². The number of hydrogen-bond acceptors (Lipinski definition) is 7. The highest BCUT2D eigenvalue weighted by molar-refractivity contribution is 7.91. The van der Waals surface area contributed by atoms with Gasteiger partial charge in [-0.05, 0) is 49.2 Å². The fourth-order valence-electron chi connectivity index (χ4n) is 3.62. The number of aryl methyl sites for hydroxylation is 1. The number of amides is 1. The molecule has 0 aliphatic carbocycles. The first-order valence-electron chi connectivity index (χ1n) is 10.4. The standard InChI is InChI=1S/C23H18Cl2N4O5S/c1-13-3-2-7-29-20(13)28-22(34-19-5-4-15(24)10-18(19)25)17(23(29)31)9-14(11-26)21(30)27-16-6-8-35(32,33)12-16/h2-5,7,9-10,16H,6,8,12H2,1H3,(H,27,30)/b14-9+/t16-/m1/s1. The molecule has 1 aromatic carbocycles. The summed E-state index contributed by atoms with van der Waals surface area (Å²) in [6.45, 7) is 1.76. The normalized spacial score (nSPS) is 17.2. The van der Waals surface area contributed by atoms with Gasteiger partial charge in [-0.15, -0.1) is 0 Å². The molecule has 1 aliphatic heterocycles. The first kappa shape index (κ1) is 24.7. The lowest BCUT2D eigenvalue weighted by Crippen LogP contribution is -2.36. The highest BCUT2D eigenvalue weighted by Gasteiger charge is 2.30. The zero-order valence-corrected chi connectivity index (χ0v) is 20.6. The summed E-state index contributed by atoms with van der Waals surface area (Å²) >= 11 is 12.2. The quantitative estimate of drug-likeness (QED) is 0.393. The molecule has 12 heteroatoms. The number of nitrogens with one attached hydrogen (secondary N) is 1. The van der Waals surface area contributed by atoms with Gasteiger partial charge in [0.15, 0.2) is 9.84 Å². The van der Waals surface area contributed by atoms with E-state index in [1.54, 1.807) is 31.2 Å². The SMILES string of the molecule is Cc1cccn2c(=O)c(/C=C(\C#N)C(=O)N[C@@H]3CCS(=O)(=O)C3)c(Oc3ccc(Cl)cc3Cl)nc12. The number of carbonyl (C=O) groups excluding carboxylic acids is 1. The smallest absolute Gasteiger partial charge is 0.269 e. The predicted molar refractivity (Wildman–Crippen MR) is 132 cm³/mol. The second-order valence-corrected chi connectivity index (χ2v) is 11.0. The average molecular weight is 533 g/mol. The van der Waals surface area contributed by atoms with E-state index in [4.69, 9.17) is 27.9 Å². The molecule has 1 atom stereocenters. The van der Waals surface area contributed by atoms with Crippen molar-refractivity contribution in [2.24, 2.45) is 0 Å². The molecular weight excluding hydrogens is 515 g/mol. The van der Waals surface area contributed by atoms with Crippen LogP contribution < -0.4 is 15.6 Å². The van der Waals surface area contributed by atoms with Crippen LogP contribution in [0.3, 0.4) is 0 Å². The van der Waals surface area contributed by atoms with Crippen molar-refractivity contribution in [3.8, 4) is 17.7 Å². The molecule has 180 valence electrons. The number of carbonyl (C=O) groups is 1. The van der Waals surface area contributed by atoms with Gasteiger partial charge in [-0.3, -0.25) is 14.0 Å². The third-order valence-corrected chi connectivity index (χ3v) is 7.67. The van der Waals surface area contributed by atoms with E-state index in [1.165, 1.54) is 22.7 Å². The molecule has 3 aromatic rings. The first-order valence-corrected chi connectivity index (χ1v) is 12.9. The molecule has 2 aromatic heterocycles. The van der Waals surface area contributed by atoms with Gasteiger partial charge >= 0.3 is 0 Å². The fourth-order valence-corrected chi connectivity index (χ4v) is 5.74. The Morgan fingerprint density at radius 1 is 1.34 bits per heavy atom. The zero-order chi connectivity index (χ0) is 25.3. The van der Waals surface area contributed by atoms with Crippen LogP contribution in [0, 0.1) is 18.3 Å². The Kier molecular flexibility index (Phi) is 6.85. The molecule has 1 amide bonds. The molecule has 1 saturated heterocycles. The van der Waals surface area contributed by atoms with Crippen molar-refractivity contribution in [3.63, 3.8) is 0 Å². The van der Waals surface area contributed by atoms with Crippen LogP contribution in [0.5, 0.6) is 11.6 Å². The Bertz CT molecular complexity index is 1590. The van der Waals surface area contributed by atoms with Gasteiger partial charge in [0.05, 0.1) is 16.5 Å². The summed E-state index contributed by atoms with van der Waals surface area (Å²) in [5.41, 5.74) is -0.151. The fraction of sp³-hybridized carbons (Fsp3) is 0.217. The number of halogens is 2. The third-order valence-electron chi connectivity index (χ3n) is 5.37. The second kappa shape index (κ2) is 9.70. The van der Waals surface area contributed by atoms with E-state index >= 15 is 0 Å². The Balaban J connectivity index is 1.81. The maximum Gasteiger partial charge on any atom is 0.269 e. The van der Waals surface area contributed by atoms with Gasteiger partial charge in [0, 0.05) is 17.3 Å². The van der Waals surface area contributed by atoms with Gasteiger partial charge in [0.2, 0.25) is 5.88 Å². The van der Waals surface area contributed by atoms with Crippen molar-refractivity contribution in [2.45, 2.75) is 19.4 Å². The third kappa shape index (κ3) is 5.32. The number of rotatable bonds is 5. The number of hydrogen-bond donors (Lipinski definition) is 1. The predicted octanol–water partition coefficient (Wildman–Crippen LogP) is 3.31. The van der Waals surface area contributed by atoms with Crippen LogP contribution in [0.4, 0.5) is 0 Å². The summed E-state index contributed by atoms with van der Waals surface area (Å²) < 4.78 is 30.5. The summed E-state index contributed by atoms with van der Waals surface area (Å²) in [7, 11) is -3.24. The molecule has 9 nitrogen and oxygen atoms in total. The summed E-state index contributed by atoms with van der Waals surface area (Å²) in [6, 6.07) is 9.07. The largest absolute Gasteiger partial charge is 0.437 e. The lowest BCUT2D eigenvalue weighted by Gasteiger charge is -2.13. The molecule has 1 N–H and O–H groups in total. The molecule has 0 radical (unpaired) electrons. The van der Waals surface area contributed by atoms with Crippen LogP contribution in [0.1, 0.15) is 17.5 Å². The number of nitriles is 1. The van der Waals surface area contributed by atoms with Gasteiger partial charge in [-0.25, -0.2) is 8.42 Å². The van der Waals surface area contributed by atoms with Crippen molar-refractivity contribution in [1.82, 2.24) is 14.7 Å². The van der Waals surface area contributed by atoms with E-state index in [0.29, 0.717) is 16.2 Å². The number of sulfone groups is 1. The number of fused-ring (bicyclic) bond motifs is 1. The monoisotopic (exact) mass is 532 g/mol. The summed E-state index contributed by atoms with van der Waals surface area (Å²) in [5.74, 6) is -1.06. The van der Waals surface area contributed by atoms with Crippen molar-refractivity contribution in [3.05, 3.63) is 73.6 Å². The van der Waals surface area contributed by atoms with E-state index in [-0.39, 0.29) is 40.1 Å². The Labute approximate surface area is 210 Å². The van der Waals surface area contributed by atoms with E-state index < -0.39 is 32.9 Å².